The Morgan fingerprint density at radius 2 is 1.10 bits per heavy atom. The number of allylic oxidation sites excluding steroid dienone is 4. The molecule has 7 aromatic heterocycles. The Kier molecular flexibility index (Phi) is 41.0. The molecule has 1 aliphatic rings. The fourth-order valence-electron chi connectivity index (χ4n) is 7.04. The van der Waals surface area contributed by atoms with Gasteiger partial charge in [-0.15, -0.1) is 22.7 Å². The summed E-state index contributed by atoms with van der Waals surface area (Å²) in [5.74, 6) is 3.78. The Balaban J connectivity index is -0.000000205. The minimum atomic E-state index is 0. The number of hydrogen-bond acceptors (Lipinski definition) is 9. The maximum Gasteiger partial charge on any atom is 0.199 e. The number of nitrogens with zero attached hydrogens (tertiary/aromatic N) is 5. The van der Waals surface area contributed by atoms with Crippen LogP contribution in [0.1, 0.15) is 277 Å². The third kappa shape index (κ3) is 35.4. The van der Waals surface area contributed by atoms with Gasteiger partial charge in [-0.05, 0) is 108 Å². The van der Waals surface area contributed by atoms with Gasteiger partial charge in [-0.1, -0.05) is 241 Å². The van der Waals surface area contributed by atoms with Crippen molar-refractivity contribution >= 4 is 22.7 Å². The number of aromatic nitrogens is 5. The highest BCUT2D eigenvalue weighted by Crippen LogP contribution is 2.32. The van der Waals surface area contributed by atoms with E-state index in [-0.39, 0.29) is 71.6 Å². The molecule has 1 aliphatic carbocycles. The van der Waals surface area contributed by atoms with Crippen molar-refractivity contribution in [2.24, 2.45) is 12.5 Å². The lowest BCUT2D eigenvalue weighted by molar-refractivity contribution is 0.392. The molecule has 0 N–H and O–H groups in total. The van der Waals surface area contributed by atoms with Gasteiger partial charge in [0.15, 0.2) is 12.3 Å². The van der Waals surface area contributed by atoms with E-state index < -0.39 is 0 Å². The van der Waals surface area contributed by atoms with Crippen LogP contribution in [0.4, 0.5) is 0 Å². The minimum Gasteiger partial charge on any atom is -0.466 e. The van der Waals surface area contributed by atoms with Gasteiger partial charge < -0.3 is 17.8 Å². The van der Waals surface area contributed by atoms with Gasteiger partial charge in [0.25, 0.3) is 0 Å². The molecular formula is C74H131N5O3S2. The number of imidazole rings is 1. The Morgan fingerprint density at radius 1 is 0.524 bits per heavy atom. The van der Waals surface area contributed by atoms with Gasteiger partial charge in [0, 0.05) is 67.6 Å². The fraction of sp³-hybridized carbons (Fsp3) is 0.595. The molecule has 8 rings (SSSR count). The highest BCUT2D eigenvalue weighted by Gasteiger charge is 2.21. The van der Waals surface area contributed by atoms with Crippen LogP contribution in [-0.4, -0.2) is 24.5 Å². The van der Waals surface area contributed by atoms with Crippen molar-refractivity contribution in [1.82, 2.24) is 24.5 Å². The van der Waals surface area contributed by atoms with E-state index in [9.17, 15) is 0 Å². The molecule has 84 heavy (non-hydrogen) atoms. The fourth-order valence-corrected chi connectivity index (χ4v) is 8.99. The Morgan fingerprint density at radius 3 is 1.31 bits per heavy atom. The molecule has 7 aromatic rings. The van der Waals surface area contributed by atoms with Crippen molar-refractivity contribution in [3.8, 4) is 0 Å². The van der Waals surface area contributed by atoms with Crippen LogP contribution in [0, 0.1) is 33.1 Å². The van der Waals surface area contributed by atoms with Crippen molar-refractivity contribution in [3.63, 3.8) is 0 Å². The number of rotatable bonds is 0. The second kappa shape index (κ2) is 38.2. The van der Waals surface area contributed by atoms with Crippen molar-refractivity contribution in [3.05, 3.63) is 176 Å². The molecule has 7 heterocycles. The summed E-state index contributed by atoms with van der Waals surface area (Å²) in [4.78, 5) is 20.4. The van der Waals surface area contributed by atoms with E-state index in [0.717, 1.165) is 29.6 Å². The van der Waals surface area contributed by atoms with E-state index in [1.54, 1.807) is 24.2 Å². The summed E-state index contributed by atoms with van der Waals surface area (Å²) in [7, 11) is 2.02. The summed E-state index contributed by atoms with van der Waals surface area (Å²) in [6.45, 7) is 60.7. The smallest absolute Gasteiger partial charge is 0.199 e. The zero-order chi connectivity index (χ0) is 60.3. The highest BCUT2D eigenvalue weighted by atomic mass is 32.1. The lowest BCUT2D eigenvalue weighted by Gasteiger charge is -2.19. The van der Waals surface area contributed by atoms with Gasteiger partial charge in [0.2, 0.25) is 0 Å². The van der Waals surface area contributed by atoms with Gasteiger partial charge in [-0.2, -0.15) is 0 Å². The van der Waals surface area contributed by atoms with Crippen molar-refractivity contribution in [2.75, 3.05) is 0 Å². The third-order valence-corrected chi connectivity index (χ3v) is 14.7. The first kappa shape index (κ1) is 90.1. The van der Waals surface area contributed by atoms with Gasteiger partial charge in [0.05, 0.1) is 18.7 Å². The zero-order valence-corrected chi connectivity index (χ0v) is 56.0. The first-order valence-electron chi connectivity index (χ1n) is 27.6. The molecule has 0 aromatic carbocycles. The molecule has 0 spiro atoms. The maximum absolute atomic E-state index is 5.45. The molecule has 10 heteroatoms. The molecule has 0 bridgehead atoms. The number of pyridine rings is 1. The molecule has 482 valence electrons. The zero-order valence-electron chi connectivity index (χ0n) is 54.4. The number of aryl methyl sites for hydroxylation is 5. The SMILES string of the molecule is C.C.C.C.C.C.CC(C)(C)C1=CC=CC1.CC(C)(C)c1cnco1.CC(C)(C)c1ncco1.Cc1ccc(C(C)(C)C)o1.Cc1ccc(C(C)(C)C)s1.Cc1ccsc1C(C)(C)C.Cc1cncc(C(C)(C)C)c1.Cn1cncc1C(C)(C)C. The predicted octanol–water partition coefficient (Wildman–Crippen LogP) is 24.7. The van der Waals surface area contributed by atoms with E-state index in [1.807, 2.05) is 73.7 Å². The normalized spacial score (nSPS) is 11.8. The minimum absolute atomic E-state index is 0. The quantitative estimate of drug-likeness (QED) is 0.149. The second-order valence-corrected chi connectivity index (χ2v) is 30.6. The van der Waals surface area contributed by atoms with Crippen LogP contribution in [0.3, 0.4) is 0 Å². The average Bonchev–Trinajstić information content (AvgIpc) is 4.13. The highest BCUT2D eigenvalue weighted by molar-refractivity contribution is 7.12. The van der Waals surface area contributed by atoms with E-state index in [1.165, 1.54) is 43.4 Å². The van der Waals surface area contributed by atoms with E-state index in [0.29, 0.717) is 16.2 Å². The Bertz CT molecular complexity index is 2630. The molecule has 0 atom stereocenters. The summed E-state index contributed by atoms with van der Waals surface area (Å²) in [6, 6.07) is 12.8. The molecule has 0 fully saturated rings. The summed E-state index contributed by atoms with van der Waals surface area (Å²) in [5, 5.41) is 2.16. The van der Waals surface area contributed by atoms with Crippen LogP contribution in [0.5, 0.6) is 0 Å². The molecule has 8 nitrogen and oxygen atoms in total. The number of furan rings is 1. The van der Waals surface area contributed by atoms with Crippen LogP contribution in [0.15, 0.2) is 129 Å². The molecule has 0 amide bonds. The number of hydrogen-bond donors (Lipinski definition) is 0. The van der Waals surface area contributed by atoms with Crippen LogP contribution >= 0.6 is 22.7 Å². The molecule has 0 saturated heterocycles. The van der Waals surface area contributed by atoms with Crippen LogP contribution in [0.2, 0.25) is 0 Å². The predicted molar refractivity (Wildman–Crippen MR) is 379 cm³/mol. The summed E-state index contributed by atoms with van der Waals surface area (Å²) in [5.41, 5.74) is 8.54. The largest absolute Gasteiger partial charge is 0.466 e. The third-order valence-electron chi connectivity index (χ3n) is 11.8. The Hall–Kier alpha value is -5.06. The van der Waals surface area contributed by atoms with Gasteiger partial charge in [-0.3, -0.25) is 4.98 Å². The lowest BCUT2D eigenvalue weighted by Crippen LogP contribution is -2.15. The monoisotopic (exact) mass is 1200 g/mol. The van der Waals surface area contributed by atoms with E-state index >= 15 is 0 Å². The summed E-state index contributed by atoms with van der Waals surface area (Å²) < 4.78 is 17.7. The molecule has 0 saturated carbocycles. The van der Waals surface area contributed by atoms with Crippen LogP contribution in [-0.2, 0) is 45.0 Å². The number of thiophene rings is 2. The van der Waals surface area contributed by atoms with Gasteiger partial charge in [0.1, 0.15) is 23.5 Å². The van der Waals surface area contributed by atoms with Gasteiger partial charge >= 0.3 is 0 Å². The van der Waals surface area contributed by atoms with E-state index in [4.69, 9.17) is 13.3 Å². The molecule has 0 aliphatic heterocycles. The van der Waals surface area contributed by atoms with E-state index in [2.05, 4.69) is 259 Å². The number of oxazole rings is 2. The van der Waals surface area contributed by atoms with Crippen molar-refractivity contribution < 1.29 is 13.3 Å². The van der Waals surface area contributed by atoms with Crippen molar-refractivity contribution in [2.45, 2.75) is 283 Å². The van der Waals surface area contributed by atoms with Crippen molar-refractivity contribution in [1.29, 1.82) is 0 Å². The Labute approximate surface area is 528 Å². The first-order chi connectivity index (χ1) is 35.3. The van der Waals surface area contributed by atoms with Gasteiger partial charge in [-0.25, -0.2) is 15.0 Å². The topological polar surface area (TPSA) is 95.9 Å². The maximum atomic E-state index is 5.45. The average molecular weight is 1200 g/mol. The standard InChI is InChI=1S/C10H15N.C9H14O.2C9H14S.C9H14.C8H14N2.2C7H11NO.6CH4/c1-8-5-9(7-11-6-8)10(2,3)4;1-7-5-6-8(10-7)9(2,3)4;1-7-5-6-10-8(7)9(2,3)4;1-7-5-6-8(10-7)9(2,3)4;1-9(2,3)8-6-4-5-7-8;1-8(2,3)7-5-9-6-10(7)4;1-7(2,3)6-4-8-5-9-6;1-7(2,3)6-8-4-5-9-6;;;;;;/h5-7H,1-4H3;3*5-6H,1-4H3;4-6H,7H2,1-3H3;5-6H,1-4H3;2*4-5H,1-3H3;6*1H4. The summed E-state index contributed by atoms with van der Waals surface area (Å²) in [6.07, 6.45) is 21.8. The lowest BCUT2D eigenvalue weighted by atomic mass is 9.86. The van der Waals surface area contributed by atoms with Crippen LogP contribution in [0.25, 0.3) is 0 Å². The van der Waals surface area contributed by atoms with Crippen LogP contribution < -0.4 is 0 Å². The second-order valence-electron chi connectivity index (χ2n) is 28.4. The molecule has 0 radical (unpaired) electrons. The first-order valence-corrected chi connectivity index (χ1v) is 29.3. The molecule has 0 unspecified atom stereocenters. The summed E-state index contributed by atoms with van der Waals surface area (Å²) >= 11 is 3.75. The molecular weight excluding hydrogens is 1070 g/mol.